The SMILES string of the molecule is [CH3][Sn]([CH3])([CH3])[c]1ccc([SiH3])s1. The van der Waals surface area contributed by atoms with E-state index in [-0.39, 0.29) is 0 Å². The van der Waals surface area contributed by atoms with Gasteiger partial charge in [-0.3, -0.25) is 0 Å². The molecule has 1 aromatic heterocycles. The van der Waals surface area contributed by atoms with Gasteiger partial charge in [-0.1, -0.05) is 0 Å². The van der Waals surface area contributed by atoms with Gasteiger partial charge in [-0.25, -0.2) is 0 Å². The molecule has 56 valence electrons. The van der Waals surface area contributed by atoms with Gasteiger partial charge in [-0.05, 0) is 0 Å². The Labute approximate surface area is 74.0 Å². The summed E-state index contributed by atoms with van der Waals surface area (Å²) in [6, 6.07) is 4.65. The zero-order valence-corrected chi connectivity index (χ0v) is 12.7. The molecule has 1 heterocycles. The molecule has 0 aliphatic rings. The number of hydrogen-bond donors (Lipinski definition) is 0. The van der Waals surface area contributed by atoms with E-state index in [1.165, 1.54) is 10.2 Å². The molecule has 0 aromatic carbocycles. The second-order valence-corrected chi connectivity index (χ2v) is 22.2. The van der Waals surface area contributed by atoms with Crippen LogP contribution >= 0.6 is 11.3 Å². The van der Waals surface area contributed by atoms with Crippen molar-refractivity contribution in [1.82, 2.24) is 0 Å². The van der Waals surface area contributed by atoms with Crippen molar-refractivity contribution in [3.05, 3.63) is 12.1 Å². The summed E-state index contributed by atoms with van der Waals surface area (Å²) in [7, 11) is 1.23. The summed E-state index contributed by atoms with van der Waals surface area (Å²) in [6.45, 7) is 0. The summed E-state index contributed by atoms with van der Waals surface area (Å²) in [6.07, 6.45) is 0. The molecule has 0 unspecified atom stereocenters. The first-order valence-electron chi connectivity index (χ1n) is 3.57. The van der Waals surface area contributed by atoms with Crippen molar-refractivity contribution < 1.29 is 0 Å². The van der Waals surface area contributed by atoms with E-state index in [1.807, 2.05) is 11.3 Å². The van der Waals surface area contributed by atoms with Gasteiger partial charge in [-0.15, -0.1) is 0 Å². The van der Waals surface area contributed by atoms with Gasteiger partial charge in [-0.2, -0.15) is 0 Å². The molecule has 0 radical (unpaired) electrons. The summed E-state index contributed by atoms with van der Waals surface area (Å²) in [5, 5.41) is 0. The Balaban J connectivity index is 2.96. The van der Waals surface area contributed by atoms with Gasteiger partial charge >= 0.3 is 74.3 Å². The van der Waals surface area contributed by atoms with Gasteiger partial charge < -0.3 is 0 Å². The van der Waals surface area contributed by atoms with Crippen LogP contribution in [0, 0.1) is 0 Å². The molecule has 0 fully saturated rings. The summed E-state index contributed by atoms with van der Waals surface area (Å²) in [5.41, 5.74) is 0. The van der Waals surface area contributed by atoms with Crippen molar-refractivity contribution in [2.75, 3.05) is 0 Å². The number of hydrogen-bond acceptors (Lipinski definition) is 1. The molecule has 1 aromatic rings. The molecule has 3 heteroatoms. The molecule has 0 aliphatic carbocycles. The Kier molecular flexibility index (Phi) is 2.63. The van der Waals surface area contributed by atoms with E-state index in [0.29, 0.717) is 0 Å². The average Bonchev–Trinajstić information content (AvgIpc) is 2.11. The quantitative estimate of drug-likeness (QED) is 0.647. The molecule has 0 saturated heterocycles. The van der Waals surface area contributed by atoms with Gasteiger partial charge in [0.15, 0.2) is 0 Å². The van der Waals surface area contributed by atoms with Gasteiger partial charge in [0.1, 0.15) is 0 Å². The van der Waals surface area contributed by atoms with E-state index in [2.05, 4.69) is 27.0 Å². The van der Waals surface area contributed by atoms with Crippen LogP contribution in [0.5, 0.6) is 0 Å². The Morgan fingerprint density at radius 2 is 1.90 bits per heavy atom. The van der Waals surface area contributed by atoms with Crippen LogP contribution in [0.2, 0.25) is 14.8 Å². The standard InChI is InChI=1S/C4H5SSi.3CH3.Sn/c6-4-2-1-3-5-4;;;;/h1-2H,6H3;3*1H3;. The second-order valence-electron chi connectivity index (χ2n) is 3.66. The second kappa shape index (κ2) is 2.99. The third-order valence-electron chi connectivity index (χ3n) is 1.48. The van der Waals surface area contributed by atoms with E-state index in [9.17, 15) is 0 Å². The van der Waals surface area contributed by atoms with E-state index in [0.717, 1.165) is 0 Å². The zero-order chi connectivity index (χ0) is 7.78. The Morgan fingerprint density at radius 1 is 1.30 bits per heavy atom. The maximum absolute atomic E-state index is 2.47. The van der Waals surface area contributed by atoms with Crippen LogP contribution in [0.3, 0.4) is 0 Å². The van der Waals surface area contributed by atoms with Gasteiger partial charge in [0.2, 0.25) is 0 Å². The topological polar surface area (TPSA) is 0 Å². The monoisotopic (exact) mass is 278 g/mol. The molecule has 10 heavy (non-hydrogen) atoms. The van der Waals surface area contributed by atoms with Gasteiger partial charge in [0.05, 0.1) is 0 Å². The molecule has 0 saturated carbocycles. The van der Waals surface area contributed by atoms with Crippen molar-refractivity contribution in [2.45, 2.75) is 14.8 Å². The molecular weight excluding hydrogens is 263 g/mol. The molecule has 0 N–H and O–H groups in total. The molecule has 1 rings (SSSR count). The minimum absolute atomic E-state index is 1.23. The van der Waals surface area contributed by atoms with Crippen LogP contribution < -0.4 is 7.39 Å². The Morgan fingerprint density at radius 3 is 2.10 bits per heavy atom. The third-order valence-corrected chi connectivity index (χ3v) is 12.9. The summed E-state index contributed by atoms with van der Waals surface area (Å²) in [4.78, 5) is 7.42. The fraction of sp³-hybridized carbons (Fsp3) is 0.429. The third kappa shape index (κ3) is 2.10. The van der Waals surface area contributed by atoms with Crippen molar-refractivity contribution in [2.24, 2.45) is 0 Å². The van der Waals surface area contributed by atoms with Crippen molar-refractivity contribution in [1.29, 1.82) is 0 Å². The van der Waals surface area contributed by atoms with Crippen LogP contribution in [-0.2, 0) is 0 Å². The molecule has 0 atom stereocenters. The van der Waals surface area contributed by atoms with Crippen molar-refractivity contribution in [3.63, 3.8) is 0 Å². The predicted octanol–water partition coefficient (Wildman–Crippen LogP) is 0.284. The Bertz CT molecular complexity index is 224. The summed E-state index contributed by atoms with van der Waals surface area (Å²) >= 11 is 0.399. The van der Waals surface area contributed by atoms with Crippen LogP contribution in [-0.4, -0.2) is 28.6 Å². The van der Waals surface area contributed by atoms with Crippen LogP contribution in [0.25, 0.3) is 0 Å². The van der Waals surface area contributed by atoms with E-state index < -0.39 is 18.4 Å². The molecule has 0 bridgehead atoms. The average molecular weight is 277 g/mol. The first kappa shape index (κ1) is 8.81. The minimum atomic E-state index is -1.65. The first-order chi connectivity index (χ1) is 4.50. The van der Waals surface area contributed by atoms with E-state index >= 15 is 0 Å². The molecule has 0 amide bonds. The molecule has 0 nitrogen and oxygen atoms in total. The fourth-order valence-electron chi connectivity index (χ4n) is 0.838. The van der Waals surface area contributed by atoms with Crippen LogP contribution in [0.1, 0.15) is 0 Å². The van der Waals surface area contributed by atoms with Crippen LogP contribution in [0.15, 0.2) is 12.1 Å². The maximum atomic E-state index is 2.47. The fourth-order valence-corrected chi connectivity index (χ4v) is 10.0. The van der Waals surface area contributed by atoms with E-state index in [1.54, 1.807) is 7.39 Å². The van der Waals surface area contributed by atoms with Crippen molar-refractivity contribution >= 4 is 47.3 Å². The van der Waals surface area contributed by atoms with Gasteiger partial charge in [0.25, 0.3) is 0 Å². The first-order valence-corrected chi connectivity index (χ1v) is 15.4. The Hall–Kier alpha value is 0.716. The molecule has 0 aliphatic heterocycles. The van der Waals surface area contributed by atoms with Crippen LogP contribution in [0.4, 0.5) is 0 Å². The molecule has 0 spiro atoms. The van der Waals surface area contributed by atoms with Crippen molar-refractivity contribution in [3.8, 4) is 0 Å². The molecular formula is C7H14SSiSn. The normalized spacial score (nSPS) is 12.3. The van der Waals surface area contributed by atoms with Gasteiger partial charge in [0, 0.05) is 0 Å². The number of thiophene rings is 1. The zero-order valence-electron chi connectivity index (χ0n) is 7.06. The van der Waals surface area contributed by atoms with E-state index in [4.69, 9.17) is 0 Å². The predicted molar refractivity (Wildman–Crippen MR) is 56.9 cm³/mol. The summed E-state index contributed by atoms with van der Waals surface area (Å²) < 4.78 is 3.32. The number of rotatable bonds is 1. The summed E-state index contributed by atoms with van der Waals surface area (Å²) in [5.74, 6) is 0.